The fraction of sp³-hybridized carbons (Fsp3) is 0.750. The standard InChI is InChI=1S/C8H13NO4S/c9-5(3-13-12)4-14-6-1-7(10)8(11)2-6/h5-6,12H,1-4,9H2/t5-/m1/s1. The van der Waals surface area contributed by atoms with Gasteiger partial charge < -0.3 is 5.73 Å². The highest BCUT2D eigenvalue weighted by Crippen LogP contribution is 2.25. The maximum Gasteiger partial charge on any atom is 0.199 e. The number of carbonyl (C=O) groups is 2. The van der Waals surface area contributed by atoms with E-state index in [1.54, 1.807) is 0 Å². The first kappa shape index (κ1) is 11.6. The lowest BCUT2D eigenvalue weighted by Crippen LogP contribution is -2.29. The van der Waals surface area contributed by atoms with Crippen LogP contribution in [0.3, 0.4) is 0 Å². The minimum Gasteiger partial charge on any atom is -0.325 e. The second-order valence-electron chi connectivity index (χ2n) is 3.27. The zero-order chi connectivity index (χ0) is 10.6. The smallest absolute Gasteiger partial charge is 0.199 e. The van der Waals surface area contributed by atoms with Crippen molar-refractivity contribution in [2.24, 2.45) is 5.73 Å². The molecule has 1 rings (SSSR count). The van der Waals surface area contributed by atoms with Crippen LogP contribution in [0.2, 0.25) is 0 Å². The first-order valence-electron chi connectivity index (χ1n) is 4.33. The average Bonchev–Trinajstić information content (AvgIpc) is 2.44. The van der Waals surface area contributed by atoms with E-state index in [0.29, 0.717) is 18.6 Å². The zero-order valence-electron chi connectivity index (χ0n) is 7.64. The van der Waals surface area contributed by atoms with Gasteiger partial charge in [-0.2, -0.15) is 11.8 Å². The Balaban J connectivity index is 2.20. The van der Waals surface area contributed by atoms with Crippen LogP contribution in [0.1, 0.15) is 12.8 Å². The van der Waals surface area contributed by atoms with Gasteiger partial charge in [-0.25, -0.2) is 4.89 Å². The second-order valence-corrected chi connectivity index (χ2v) is 4.60. The summed E-state index contributed by atoms with van der Waals surface area (Å²) in [6.07, 6.45) is 0.631. The summed E-state index contributed by atoms with van der Waals surface area (Å²) >= 11 is 1.48. The molecule has 0 amide bonds. The second kappa shape index (κ2) is 5.45. The summed E-state index contributed by atoms with van der Waals surface area (Å²) in [7, 11) is 0. The number of rotatable bonds is 5. The van der Waals surface area contributed by atoms with Crippen LogP contribution < -0.4 is 5.73 Å². The molecule has 0 unspecified atom stereocenters. The van der Waals surface area contributed by atoms with Crippen LogP contribution in [0.25, 0.3) is 0 Å². The van der Waals surface area contributed by atoms with E-state index < -0.39 is 0 Å². The molecule has 1 saturated carbocycles. The maximum atomic E-state index is 10.9. The Morgan fingerprint density at radius 3 is 2.57 bits per heavy atom. The average molecular weight is 219 g/mol. The van der Waals surface area contributed by atoms with Gasteiger partial charge >= 0.3 is 0 Å². The largest absolute Gasteiger partial charge is 0.325 e. The molecule has 6 heteroatoms. The van der Waals surface area contributed by atoms with Crippen LogP contribution in [0.15, 0.2) is 0 Å². The van der Waals surface area contributed by atoms with Crippen LogP contribution in [0, 0.1) is 0 Å². The number of thioether (sulfide) groups is 1. The molecule has 80 valence electrons. The number of hydrogen-bond donors (Lipinski definition) is 2. The van der Waals surface area contributed by atoms with Crippen molar-refractivity contribution in [1.29, 1.82) is 0 Å². The molecular formula is C8H13NO4S. The molecule has 5 nitrogen and oxygen atoms in total. The van der Waals surface area contributed by atoms with Crippen molar-refractivity contribution in [3.8, 4) is 0 Å². The van der Waals surface area contributed by atoms with Gasteiger partial charge in [0.25, 0.3) is 0 Å². The van der Waals surface area contributed by atoms with Gasteiger partial charge in [0, 0.05) is 29.9 Å². The Bertz CT molecular complexity index is 217. The number of Topliss-reactive ketones (excluding diaryl/α,β-unsaturated/α-hetero) is 2. The van der Waals surface area contributed by atoms with E-state index in [0.717, 1.165) is 0 Å². The molecule has 0 heterocycles. The van der Waals surface area contributed by atoms with Gasteiger partial charge in [-0.15, -0.1) is 0 Å². The molecule has 0 aliphatic heterocycles. The summed E-state index contributed by atoms with van der Waals surface area (Å²) in [5, 5.41) is 8.17. The maximum absolute atomic E-state index is 10.9. The summed E-state index contributed by atoms with van der Waals surface area (Å²) in [6.45, 7) is 0.0710. The van der Waals surface area contributed by atoms with Crippen molar-refractivity contribution in [1.82, 2.24) is 0 Å². The monoisotopic (exact) mass is 219 g/mol. The molecule has 14 heavy (non-hydrogen) atoms. The number of hydrogen-bond acceptors (Lipinski definition) is 6. The quantitative estimate of drug-likeness (QED) is 0.379. The van der Waals surface area contributed by atoms with E-state index >= 15 is 0 Å². The normalized spacial score (nSPS) is 20.4. The summed E-state index contributed by atoms with van der Waals surface area (Å²) in [4.78, 5) is 25.7. The van der Waals surface area contributed by atoms with Crippen molar-refractivity contribution in [2.45, 2.75) is 24.1 Å². The van der Waals surface area contributed by atoms with Gasteiger partial charge in [0.15, 0.2) is 11.6 Å². The third kappa shape index (κ3) is 3.38. The molecule has 0 saturated heterocycles. The highest BCUT2D eigenvalue weighted by atomic mass is 32.2. The van der Waals surface area contributed by atoms with Gasteiger partial charge in [0.2, 0.25) is 0 Å². The van der Waals surface area contributed by atoms with Crippen molar-refractivity contribution >= 4 is 23.3 Å². The van der Waals surface area contributed by atoms with E-state index in [1.165, 1.54) is 11.8 Å². The van der Waals surface area contributed by atoms with E-state index in [-0.39, 0.29) is 29.5 Å². The van der Waals surface area contributed by atoms with Crippen LogP contribution in [-0.2, 0) is 14.5 Å². The Morgan fingerprint density at radius 2 is 2.07 bits per heavy atom. The summed E-state index contributed by atoms with van der Waals surface area (Å²) in [5.74, 6) is 0.00941. The van der Waals surface area contributed by atoms with Crippen LogP contribution in [0.4, 0.5) is 0 Å². The van der Waals surface area contributed by atoms with Crippen molar-refractivity contribution < 1.29 is 19.7 Å². The Kier molecular flexibility index (Phi) is 4.53. The van der Waals surface area contributed by atoms with Gasteiger partial charge in [-0.05, 0) is 0 Å². The van der Waals surface area contributed by atoms with Gasteiger partial charge in [-0.3, -0.25) is 14.8 Å². The van der Waals surface area contributed by atoms with Gasteiger partial charge in [0.05, 0.1) is 6.61 Å². The number of ketones is 2. The molecule has 0 aromatic heterocycles. The SMILES string of the molecule is N[C@H](COO)CSC1CC(=O)C(=O)C1. The highest BCUT2D eigenvalue weighted by Gasteiger charge is 2.30. The number of nitrogens with two attached hydrogens (primary N) is 1. The van der Waals surface area contributed by atoms with Crippen LogP contribution in [0.5, 0.6) is 0 Å². The molecule has 1 atom stereocenters. The van der Waals surface area contributed by atoms with Crippen molar-refractivity contribution in [3.63, 3.8) is 0 Å². The first-order chi connectivity index (χ1) is 6.63. The predicted octanol–water partition coefficient (Wildman–Crippen LogP) is -0.163. The first-order valence-corrected chi connectivity index (χ1v) is 5.38. The van der Waals surface area contributed by atoms with Gasteiger partial charge in [0.1, 0.15) is 0 Å². The molecule has 0 bridgehead atoms. The lowest BCUT2D eigenvalue weighted by molar-refractivity contribution is -0.244. The molecule has 3 N–H and O–H groups in total. The Labute approximate surface area is 85.9 Å². The Hall–Kier alpha value is -0.430. The fourth-order valence-corrected chi connectivity index (χ4v) is 2.39. The van der Waals surface area contributed by atoms with E-state index in [1.807, 2.05) is 0 Å². The summed E-state index contributed by atoms with van der Waals surface area (Å²) in [6, 6.07) is -0.268. The van der Waals surface area contributed by atoms with Crippen molar-refractivity contribution in [2.75, 3.05) is 12.4 Å². The molecule has 0 spiro atoms. The van der Waals surface area contributed by atoms with E-state index in [9.17, 15) is 9.59 Å². The lowest BCUT2D eigenvalue weighted by atomic mass is 10.3. The molecule has 1 aliphatic carbocycles. The summed E-state index contributed by atoms with van der Waals surface area (Å²) in [5.41, 5.74) is 5.56. The molecule has 1 fully saturated rings. The van der Waals surface area contributed by atoms with E-state index in [2.05, 4.69) is 4.89 Å². The van der Waals surface area contributed by atoms with Crippen LogP contribution in [-0.4, -0.2) is 40.5 Å². The molecule has 0 radical (unpaired) electrons. The van der Waals surface area contributed by atoms with Crippen LogP contribution >= 0.6 is 11.8 Å². The highest BCUT2D eigenvalue weighted by molar-refractivity contribution is 8.00. The molecular weight excluding hydrogens is 206 g/mol. The third-order valence-corrected chi connectivity index (χ3v) is 3.40. The molecule has 0 aromatic carbocycles. The van der Waals surface area contributed by atoms with E-state index in [4.69, 9.17) is 11.0 Å². The number of carbonyl (C=O) groups excluding carboxylic acids is 2. The van der Waals surface area contributed by atoms with Gasteiger partial charge in [-0.1, -0.05) is 0 Å². The Morgan fingerprint density at radius 1 is 1.50 bits per heavy atom. The predicted molar refractivity (Wildman–Crippen MR) is 52.1 cm³/mol. The zero-order valence-corrected chi connectivity index (χ0v) is 8.46. The lowest BCUT2D eigenvalue weighted by Gasteiger charge is -2.11. The van der Waals surface area contributed by atoms with Crippen molar-refractivity contribution in [3.05, 3.63) is 0 Å². The minimum atomic E-state index is -0.283. The molecule has 1 aliphatic rings. The molecule has 0 aromatic rings. The topological polar surface area (TPSA) is 89.6 Å². The third-order valence-electron chi connectivity index (χ3n) is 1.97. The summed E-state index contributed by atoms with van der Waals surface area (Å²) < 4.78 is 0. The fourth-order valence-electron chi connectivity index (χ4n) is 1.23. The minimum absolute atomic E-state index is 0.0553.